The van der Waals surface area contributed by atoms with Gasteiger partial charge in [0.25, 0.3) is 10.0 Å². The number of methoxy groups -OCH3 is 1. The van der Waals surface area contributed by atoms with Gasteiger partial charge < -0.3 is 9.72 Å². The lowest BCUT2D eigenvalue weighted by atomic mass is 10.1. The van der Waals surface area contributed by atoms with E-state index in [0.717, 1.165) is 6.07 Å². The summed E-state index contributed by atoms with van der Waals surface area (Å²) in [5.41, 5.74) is -0.395. The molecule has 10 nitrogen and oxygen atoms in total. The number of aromatic nitrogens is 6. The molecule has 0 atom stereocenters. The summed E-state index contributed by atoms with van der Waals surface area (Å²) in [6.45, 7) is 1.52. The van der Waals surface area contributed by atoms with Crippen LogP contribution < -0.4 is 9.46 Å². The lowest BCUT2D eigenvalue weighted by molar-refractivity contribution is 0.385. The SMILES string of the molecule is COc1ncc(Cl)cc1S(=O)(=O)Nc1cc(C)nc(-c2ccc3c(-c4ncc[nH]4)n[nH]c3c2F)c1F. The van der Waals surface area contributed by atoms with Gasteiger partial charge in [-0.1, -0.05) is 11.6 Å². The zero-order valence-electron chi connectivity index (χ0n) is 18.6. The second kappa shape index (κ2) is 8.84. The molecule has 5 aromatic rings. The number of H-pyrrole nitrogens is 2. The lowest BCUT2D eigenvalue weighted by Gasteiger charge is -2.14. The maximum Gasteiger partial charge on any atom is 0.267 e. The van der Waals surface area contributed by atoms with Crippen LogP contribution in [0.1, 0.15) is 5.69 Å². The standard InChI is InChI=1S/C22H16ClF2N7O3S/c1-10-7-14(32-36(33,34)15-8-11(23)9-28-22(15)35-2)17(25)18(29-10)12-3-4-13-19(16(12)24)30-31-20(13)21-26-5-6-27-21/h3-9H,1-2H3,(H,26,27)(H,29,32)(H,30,31). The highest BCUT2D eigenvalue weighted by atomic mass is 35.5. The van der Waals surface area contributed by atoms with Crippen molar-refractivity contribution in [3.05, 3.63) is 65.2 Å². The van der Waals surface area contributed by atoms with Gasteiger partial charge in [0.05, 0.1) is 17.8 Å². The van der Waals surface area contributed by atoms with Crippen molar-refractivity contribution in [1.82, 2.24) is 30.1 Å². The third kappa shape index (κ3) is 4.01. The van der Waals surface area contributed by atoms with Crippen LogP contribution in [-0.4, -0.2) is 45.7 Å². The molecule has 0 radical (unpaired) electrons. The summed E-state index contributed by atoms with van der Waals surface area (Å²) in [5, 5.41) is 7.16. The molecule has 4 heterocycles. The number of hydrogen-bond donors (Lipinski definition) is 3. The highest BCUT2D eigenvalue weighted by Crippen LogP contribution is 2.35. The van der Waals surface area contributed by atoms with Gasteiger partial charge in [-0.2, -0.15) is 5.10 Å². The molecule has 0 aliphatic heterocycles. The fourth-order valence-corrected chi connectivity index (χ4v) is 5.10. The molecule has 5 rings (SSSR count). The number of aryl methyl sites for hydroxylation is 1. The summed E-state index contributed by atoms with van der Waals surface area (Å²) in [6, 6.07) is 5.19. The highest BCUT2D eigenvalue weighted by Gasteiger charge is 2.26. The van der Waals surface area contributed by atoms with Crippen molar-refractivity contribution >= 4 is 38.2 Å². The summed E-state index contributed by atoms with van der Waals surface area (Å²) in [7, 11) is -3.16. The molecule has 1 aromatic carbocycles. The minimum Gasteiger partial charge on any atom is -0.480 e. The summed E-state index contributed by atoms with van der Waals surface area (Å²) >= 11 is 5.89. The van der Waals surface area contributed by atoms with E-state index in [4.69, 9.17) is 16.3 Å². The van der Waals surface area contributed by atoms with Gasteiger partial charge in [-0.05, 0) is 31.2 Å². The average molecular weight is 532 g/mol. The molecule has 0 saturated carbocycles. The Balaban J connectivity index is 1.60. The van der Waals surface area contributed by atoms with Crippen molar-refractivity contribution in [2.24, 2.45) is 0 Å². The van der Waals surface area contributed by atoms with E-state index in [1.807, 2.05) is 0 Å². The second-order valence-corrected chi connectivity index (χ2v) is 9.69. The van der Waals surface area contributed by atoms with Crippen LogP contribution >= 0.6 is 11.6 Å². The number of benzene rings is 1. The van der Waals surface area contributed by atoms with Gasteiger partial charge in [-0.25, -0.2) is 32.2 Å². The van der Waals surface area contributed by atoms with Crippen molar-refractivity contribution in [3.8, 4) is 28.7 Å². The van der Waals surface area contributed by atoms with Crippen LogP contribution in [0.3, 0.4) is 0 Å². The van der Waals surface area contributed by atoms with Crippen molar-refractivity contribution in [2.75, 3.05) is 11.8 Å². The number of rotatable bonds is 6. The van der Waals surface area contributed by atoms with E-state index in [1.54, 1.807) is 12.3 Å². The Morgan fingerprint density at radius 2 is 1.92 bits per heavy atom. The van der Waals surface area contributed by atoms with Crippen LogP contribution in [0, 0.1) is 18.6 Å². The third-order valence-electron chi connectivity index (χ3n) is 5.25. The molecule has 0 unspecified atom stereocenters. The third-order valence-corrected chi connectivity index (χ3v) is 6.82. The summed E-state index contributed by atoms with van der Waals surface area (Å²) < 4.78 is 64.3. The molecular weight excluding hydrogens is 516 g/mol. The van der Waals surface area contributed by atoms with E-state index in [-0.39, 0.29) is 27.7 Å². The number of imidazole rings is 1. The van der Waals surface area contributed by atoms with Gasteiger partial charge in [-0.15, -0.1) is 0 Å². The molecule has 14 heteroatoms. The van der Waals surface area contributed by atoms with E-state index in [0.29, 0.717) is 16.9 Å². The van der Waals surface area contributed by atoms with Gasteiger partial charge in [0, 0.05) is 35.2 Å². The minimum atomic E-state index is -4.39. The van der Waals surface area contributed by atoms with Crippen molar-refractivity contribution in [1.29, 1.82) is 0 Å². The number of anilines is 1. The first-order valence-electron chi connectivity index (χ1n) is 10.3. The first-order valence-corrected chi connectivity index (χ1v) is 12.1. The van der Waals surface area contributed by atoms with Gasteiger partial charge in [0.2, 0.25) is 5.88 Å². The maximum absolute atomic E-state index is 15.6. The molecule has 36 heavy (non-hydrogen) atoms. The number of nitrogens with zero attached hydrogens (tertiary/aromatic N) is 4. The summed E-state index contributed by atoms with van der Waals surface area (Å²) in [4.78, 5) is 14.6. The fraction of sp³-hybridized carbons (Fsp3) is 0.0909. The topological polar surface area (TPSA) is 139 Å². The Hall–Kier alpha value is -4.10. The molecule has 0 saturated heterocycles. The number of hydrogen-bond acceptors (Lipinski definition) is 7. The Morgan fingerprint density at radius 3 is 2.64 bits per heavy atom. The molecule has 184 valence electrons. The Labute approximate surface area is 207 Å². The van der Waals surface area contributed by atoms with Crippen LogP contribution in [0.25, 0.3) is 33.7 Å². The van der Waals surface area contributed by atoms with Crippen LogP contribution in [0.15, 0.2) is 47.8 Å². The second-order valence-electron chi connectivity index (χ2n) is 7.60. The van der Waals surface area contributed by atoms with E-state index in [9.17, 15) is 8.42 Å². The van der Waals surface area contributed by atoms with Crippen LogP contribution in [-0.2, 0) is 10.0 Å². The maximum atomic E-state index is 15.6. The zero-order chi connectivity index (χ0) is 25.6. The molecule has 0 aliphatic carbocycles. The Kier molecular flexibility index (Phi) is 5.80. The predicted molar refractivity (Wildman–Crippen MR) is 128 cm³/mol. The number of sulfonamides is 1. The largest absolute Gasteiger partial charge is 0.480 e. The van der Waals surface area contributed by atoms with Crippen LogP contribution in [0.4, 0.5) is 14.5 Å². The normalized spacial score (nSPS) is 11.7. The minimum absolute atomic E-state index is 0.0125. The van der Waals surface area contributed by atoms with E-state index in [2.05, 4.69) is 34.9 Å². The number of fused-ring (bicyclic) bond motifs is 1. The van der Waals surface area contributed by atoms with E-state index >= 15 is 8.78 Å². The number of ether oxygens (including phenoxy) is 1. The first-order chi connectivity index (χ1) is 17.2. The zero-order valence-corrected chi connectivity index (χ0v) is 20.2. The van der Waals surface area contributed by atoms with E-state index < -0.39 is 37.9 Å². The van der Waals surface area contributed by atoms with Gasteiger partial charge in [-0.3, -0.25) is 9.82 Å². The molecule has 0 spiro atoms. The van der Waals surface area contributed by atoms with Gasteiger partial charge in [0.15, 0.2) is 22.4 Å². The van der Waals surface area contributed by atoms with E-state index in [1.165, 1.54) is 38.6 Å². The predicted octanol–water partition coefficient (Wildman–Crippen LogP) is 4.46. The highest BCUT2D eigenvalue weighted by molar-refractivity contribution is 7.92. The lowest BCUT2D eigenvalue weighted by Crippen LogP contribution is -2.16. The van der Waals surface area contributed by atoms with Gasteiger partial charge in [0.1, 0.15) is 16.9 Å². The molecular formula is C22H16ClF2N7O3S. The number of pyridine rings is 2. The molecule has 0 fully saturated rings. The van der Waals surface area contributed by atoms with Gasteiger partial charge >= 0.3 is 0 Å². The van der Waals surface area contributed by atoms with Crippen LogP contribution in [0.5, 0.6) is 5.88 Å². The van der Waals surface area contributed by atoms with Crippen molar-refractivity contribution < 1.29 is 21.9 Å². The van der Waals surface area contributed by atoms with Crippen molar-refractivity contribution in [3.63, 3.8) is 0 Å². The summed E-state index contributed by atoms with van der Waals surface area (Å²) in [6.07, 6.45) is 4.34. The number of aromatic amines is 2. The molecule has 0 aliphatic rings. The quantitative estimate of drug-likeness (QED) is 0.294. The van der Waals surface area contributed by atoms with Crippen molar-refractivity contribution in [2.45, 2.75) is 11.8 Å². The fourth-order valence-electron chi connectivity index (χ4n) is 3.68. The first kappa shape index (κ1) is 23.6. The molecule has 0 bridgehead atoms. The Bertz CT molecular complexity index is 1720. The smallest absolute Gasteiger partial charge is 0.267 e. The molecule has 3 N–H and O–H groups in total. The van der Waals surface area contributed by atoms with Crippen LogP contribution in [0.2, 0.25) is 5.02 Å². The monoisotopic (exact) mass is 531 g/mol. The summed E-state index contributed by atoms with van der Waals surface area (Å²) in [5.74, 6) is -1.70. The number of halogens is 3. The molecule has 4 aromatic heterocycles. The Morgan fingerprint density at radius 1 is 1.11 bits per heavy atom. The molecule has 0 amide bonds. The average Bonchev–Trinajstić information content (AvgIpc) is 3.52. The number of nitrogens with one attached hydrogen (secondary N) is 3.